The van der Waals surface area contributed by atoms with Gasteiger partial charge in [-0.15, -0.1) is 0 Å². The lowest BCUT2D eigenvalue weighted by atomic mass is 9.87. The predicted octanol–water partition coefficient (Wildman–Crippen LogP) is 5.15. The van der Waals surface area contributed by atoms with Crippen molar-refractivity contribution in [3.63, 3.8) is 0 Å². The maximum Gasteiger partial charge on any atom is 0.241 e. The highest BCUT2D eigenvalue weighted by atomic mass is 32.2. The molecule has 0 aliphatic carbocycles. The van der Waals surface area contributed by atoms with E-state index < -0.39 is 10.0 Å². The van der Waals surface area contributed by atoms with Crippen LogP contribution in [-0.4, -0.2) is 8.42 Å². The minimum atomic E-state index is -3.55. The second-order valence-corrected chi connectivity index (χ2v) is 9.65. The van der Waals surface area contributed by atoms with E-state index in [1.807, 2.05) is 31.2 Å². The van der Waals surface area contributed by atoms with E-state index in [1.54, 1.807) is 12.1 Å². The van der Waals surface area contributed by atoms with Crippen LogP contribution in [0.15, 0.2) is 53.4 Å². The van der Waals surface area contributed by atoms with Crippen LogP contribution in [0.2, 0.25) is 0 Å². The number of sulfonamides is 1. The average molecular weight is 360 g/mol. The molecule has 0 radical (unpaired) electrons. The maximum absolute atomic E-state index is 12.6. The zero-order valence-corrected chi connectivity index (χ0v) is 16.8. The summed E-state index contributed by atoms with van der Waals surface area (Å²) in [4.78, 5) is 0.297. The molecule has 0 saturated carbocycles. The fraction of sp³-hybridized carbons (Fsp3) is 0.429. The molecule has 136 valence electrons. The van der Waals surface area contributed by atoms with E-state index >= 15 is 0 Å². The number of benzene rings is 2. The van der Waals surface area contributed by atoms with Gasteiger partial charge in [0.2, 0.25) is 10.0 Å². The van der Waals surface area contributed by atoms with Gasteiger partial charge in [-0.05, 0) is 47.1 Å². The minimum absolute atomic E-state index is 0.00116. The van der Waals surface area contributed by atoms with E-state index in [0.717, 1.165) is 11.1 Å². The summed E-state index contributed by atoms with van der Waals surface area (Å²) in [6, 6.07) is 14.9. The molecule has 3 nitrogen and oxygen atoms in total. The SMILES string of the molecule is CC(C)c1ccc(C(C)NS(=O)(=O)c2ccc(C(C)(C)C)cc2)cc1. The molecule has 1 N–H and O–H groups in total. The number of hydrogen-bond donors (Lipinski definition) is 1. The van der Waals surface area contributed by atoms with Crippen molar-refractivity contribution in [2.45, 2.75) is 63.8 Å². The smallest absolute Gasteiger partial charge is 0.207 e. The lowest BCUT2D eigenvalue weighted by Gasteiger charge is -2.20. The summed E-state index contributed by atoms with van der Waals surface area (Å²) in [5.74, 6) is 0.461. The Hall–Kier alpha value is -1.65. The van der Waals surface area contributed by atoms with E-state index in [0.29, 0.717) is 10.8 Å². The molecular formula is C21H29NO2S. The Labute approximate surface area is 152 Å². The van der Waals surface area contributed by atoms with Gasteiger partial charge in [-0.2, -0.15) is 0 Å². The van der Waals surface area contributed by atoms with Crippen molar-refractivity contribution in [2.75, 3.05) is 0 Å². The fourth-order valence-corrected chi connectivity index (χ4v) is 3.90. The van der Waals surface area contributed by atoms with Crippen LogP contribution >= 0.6 is 0 Å². The first kappa shape index (κ1) is 19.7. The summed E-state index contributed by atoms with van der Waals surface area (Å²) in [7, 11) is -3.55. The van der Waals surface area contributed by atoms with Gasteiger partial charge < -0.3 is 0 Å². The third-order valence-corrected chi connectivity index (χ3v) is 6.02. The Balaban J connectivity index is 2.17. The van der Waals surface area contributed by atoms with Crippen molar-refractivity contribution in [3.8, 4) is 0 Å². The second kappa shape index (κ2) is 7.30. The largest absolute Gasteiger partial charge is 0.241 e. The fourth-order valence-electron chi connectivity index (χ4n) is 2.67. The Bertz CT molecular complexity index is 798. The molecule has 1 unspecified atom stereocenters. The molecule has 2 aromatic carbocycles. The van der Waals surface area contributed by atoms with Crippen LogP contribution in [-0.2, 0) is 15.4 Å². The molecule has 0 spiro atoms. The van der Waals surface area contributed by atoms with E-state index in [-0.39, 0.29) is 11.5 Å². The van der Waals surface area contributed by atoms with Crippen LogP contribution in [0, 0.1) is 0 Å². The van der Waals surface area contributed by atoms with Gasteiger partial charge in [0.05, 0.1) is 4.90 Å². The lowest BCUT2D eigenvalue weighted by Crippen LogP contribution is -2.27. The molecule has 0 amide bonds. The molecule has 25 heavy (non-hydrogen) atoms. The van der Waals surface area contributed by atoms with Crippen molar-refractivity contribution in [1.82, 2.24) is 4.72 Å². The first-order chi connectivity index (χ1) is 11.5. The van der Waals surface area contributed by atoms with Gasteiger partial charge >= 0.3 is 0 Å². The van der Waals surface area contributed by atoms with Crippen LogP contribution < -0.4 is 4.72 Å². The topological polar surface area (TPSA) is 46.2 Å². The summed E-state index contributed by atoms with van der Waals surface area (Å²) in [5.41, 5.74) is 3.32. The first-order valence-electron chi connectivity index (χ1n) is 8.73. The van der Waals surface area contributed by atoms with Crippen molar-refractivity contribution in [1.29, 1.82) is 0 Å². The number of nitrogens with one attached hydrogen (secondary N) is 1. The Morgan fingerprint density at radius 3 is 1.72 bits per heavy atom. The predicted molar refractivity (Wildman–Crippen MR) is 104 cm³/mol. The number of hydrogen-bond acceptors (Lipinski definition) is 2. The monoisotopic (exact) mass is 359 g/mol. The molecule has 0 aromatic heterocycles. The van der Waals surface area contributed by atoms with Crippen LogP contribution in [0.4, 0.5) is 0 Å². The summed E-state index contributed by atoms with van der Waals surface area (Å²) in [6.07, 6.45) is 0. The molecule has 0 fully saturated rings. The first-order valence-corrected chi connectivity index (χ1v) is 10.2. The quantitative estimate of drug-likeness (QED) is 0.803. The molecule has 1 atom stereocenters. The zero-order valence-electron chi connectivity index (χ0n) is 16.0. The van der Waals surface area contributed by atoms with Crippen LogP contribution in [0.3, 0.4) is 0 Å². The molecule has 2 aromatic rings. The second-order valence-electron chi connectivity index (χ2n) is 7.94. The molecule has 0 bridgehead atoms. The third-order valence-electron chi connectivity index (χ3n) is 4.47. The number of rotatable bonds is 5. The molecule has 0 aliphatic heterocycles. The van der Waals surface area contributed by atoms with Gasteiger partial charge in [0, 0.05) is 6.04 Å². The van der Waals surface area contributed by atoms with Crippen molar-refractivity contribution < 1.29 is 8.42 Å². The highest BCUT2D eigenvalue weighted by Crippen LogP contribution is 2.24. The summed E-state index contributed by atoms with van der Waals surface area (Å²) in [6.45, 7) is 12.5. The molecule has 4 heteroatoms. The van der Waals surface area contributed by atoms with Gasteiger partial charge in [0.1, 0.15) is 0 Å². The van der Waals surface area contributed by atoms with Crippen molar-refractivity contribution in [3.05, 3.63) is 65.2 Å². The van der Waals surface area contributed by atoms with E-state index in [9.17, 15) is 8.42 Å². The van der Waals surface area contributed by atoms with Gasteiger partial charge in [-0.1, -0.05) is 71.0 Å². The summed E-state index contributed by atoms with van der Waals surface area (Å²) in [5, 5.41) is 0. The van der Waals surface area contributed by atoms with E-state index in [2.05, 4.69) is 51.5 Å². The van der Waals surface area contributed by atoms with E-state index in [1.165, 1.54) is 5.56 Å². The summed E-state index contributed by atoms with van der Waals surface area (Å²) < 4.78 is 28.0. The minimum Gasteiger partial charge on any atom is -0.207 e. The zero-order chi connectivity index (χ0) is 18.8. The Kier molecular flexibility index (Phi) is 5.75. The van der Waals surface area contributed by atoms with Crippen molar-refractivity contribution >= 4 is 10.0 Å². The maximum atomic E-state index is 12.6. The van der Waals surface area contributed by atoms with Gasteiger partial charge in [-0.3, -0.25) is 0 Å². The summed E-state index contributed by atoms with van der Waals surface area (Å²) >= 11 is 0. The molecule has 0 heterocycles. The van der Waals surface area contributed by atoms with Crippen LogP contribution in [0.5, 0.6) is 0 Å². The van der Waals surface area contributed by atoms with E-state index in [4.69, 9.17) is 0 Å². The highest BCUT2D eigenvalue weighted by Gasteiger charge is 2.20. The van der Waals surface area contributed by atoms with Crippen LogP contribution in [0.25, 0.3) is 0 Å². The van der Waals surface area contributed by atoms with Gasteiger partial charge in [-0.25, -0.2) is 13.1 Å². The normalized spacial score (nSPS) is 13.9. The standard InChI is InChI=1S/C21H29NO2S/c1-15(2)17-7-9-18(10-8-17)16(3)22-25(23,24)20-13-11-19(12-14-20)21(4,5)6/h7-16,22H,1-6H3. The van der Waals surface area contributed by atoms with Gasteiger partial charge in [0.25, 0.3) is 0 Å². The highest BCUT2D eigenvalue weighted by molar-refractivity contribution is 7.89. The Morgan fingerprint density at radius 1 is 0.800 bits per heavy atom. The average Bonchev–Trinajstić information content (AvgIpc) is 2.54. The Morgan fingerprint density at radius 2 is 1.28 bits per heavy atom. The molecular weight excluding hydrogens is 330 g/mol. The molecule has 0 saturated heterocycles. The van der Waals surface area contributed by atoms with Gasteiger partial charge in [0.15, 0.2) is 0 Å². The molecule has 0 aliphatic rings. The molecule has 2 rings (SSSR count). The van der Waals surface area contributed by atoms with Crippen LogP contribution in [0.1, 0.15) is 70.2 Å². The van der Waals surface area contributed by atoms with Crippen molar-refractivity contribution in [2.24, 2.45) is 0 Å². The third kappa shape index (κ3) is 4.93. The lowest BCUT2D eigenvalue weighted by molar-refractivity contribution is 0.565.